The van der Waals surface area contributed by atoms with Crippen molar-refractivity contribution in [2.24, 2.45) is 5.73 Å². The van der Waals surface area contributed by atoms with Gasteiger partial charge in [-0.3, -0.25) is 4.90 Å². The number of ether oxygens (including phenoxy) is 1. The number of nitrogens with zero attached hydrogens (tertiary/aromatic N) is 4. The van der Waals surface area contributed by atoms with Gasteiger partial charge in [0.25, 0.3) is 0 Å². The van der Waals surface area contributed by atoms with Crippen LogP contribution < -0.4 is 15.4 Å². The number of methoxy groups -OCH3 is 1. The zero-order chi connectivity index (χ0) is 14.8. The van der Waals surface area contributed by atoms with Crippen molar-refractivity contribution in [3.8, 4) is 5.88 Å². The van der Waals surface area contributed by atoms with Crippen LogP contribution in [0.5, 0.6) is 5.88 Å². The molecule has 1 aromatic rings. The number of nitrogens with two attached hydrogens (primary N) is 1. The summed E-state index contributed by atoms with van der Waals surface area (Å²) in [7, 11) is 1.61. The second-order valence-corrected chi connectivity index (χ2v) is 6.63. The summed E-state index contributed by atoms with van der Waals surface area (Å²) in [4.78, 5) is 13.3. The van der Waals surface area contributed by atoms with Crippen LogP contribution in [0.4, 0.5) is 5.95 Å². The number of hydrogen-bond donors (Lipinski definition) is 1. The van der Waals surface area contributed by atoms with Crippen LogP contribution in [0.25, 0.3) is 0 Å². The molecule has 6 nitrogen and oxygen atoms in total. The van der Waals surface area contributed by atoms with E-state index in [-0.39, 0.29) is 5.54 Å². The zero-order valence-electron chi connectivity index (χ0n) is 12.3. The highest BCUT2D eigenvalue weighted by Crippen LogP contribution is 2.23. The lowest BCUT2D eigenvalue weighted by molar-refractivity contribution is 0.213. The van der Waals surface area contributed by atoms with Gasteiger partial charge in [0.2, 0.25) is 11.8 Å². The fourth-order valence-corrected chi connectivity index (χ4v) is 2.67. The largest absolute Gasteiger partial charge is 0.480 e. The molecule has 1 aliphatic heterocycles. The van der Waals surface area contributed by atoms with E-state index in [1.54, 1.807) is 13.3 Å². The van der Waals surface area contributed by atoms with E-state index in [2.05, 4.69) is 49.5 Å². The third kappa shape index (κ3) is 4.04. The fourth-order valence-electron chi connectivity index (χ4n) is 2.32. The molecule has 20 heavy (non-hydrogen) atoms. The minimum atomic E-state index is -0.153. The molecular formula is C13H22BrN5O. The van der Waals surface area contributed by atoms with E-state index in [1.807, 2.05) is 0 Å². The molecule has 7 heteroatoms. The number of anilines is 1. The molecule has 2 rings (SSSR count). The highest BCUT2D eigenvalue weighted by molar-refractivity contribution is 9.10. The monoisotopic (exact) mass is 343 g/mol. The lowest BCUT2D eigenvalue weighted by Gasteiger charge is -2.37. The first-order valence-electron chi connectivity index (χ1n) is 6.72. The Kier molecular flexibility index (Phi) is 4.82. The number of halogens is 1. The third-order valence-corrected chi connectivity index (χ3v) is 3.72. The average molecular weight is 344 g/mol. The Morgan fingerprint density at radius 1 is 1.35 bits per heavy atom. The number of rotatable bonds is 4. The molecule has 0 bridgehead atoms. The van der Waals surface area contributed by atoms with Crippen molar-refractivity contribution in [2.45, 2.75) is 19.4 Å². The van der Waals surface area contributed by atoms with Gasteiger partial charge in [0.05, 0.1) is 17.8 Å². The van der Waals surface area contributed by atoms with E-state index >= 15 is 0 Å². The first kappa shape index (κ1) is 15.5. The summed E-state index contributed by atoms with van der Waals surface area (Å²) in [6, 6.07) is 0. The quantitative estimate of drug-likeness (QED) is 0.883. The lowest BCUT2D eigenvalue weighted by atomic mass is 10.1. The molecule has 112 valence electrons. The molecule has 0 amide bonds. The topological polar surface area (TPSA) is 67.5 Å². The summed E-state index contributed by atoms with van der Waals surface area (Å²) in [5.74, 6) is 1.29. The van der Waals surface area contributed by atoms with Crippen LogP contribution in [0.2, 0.25) is 0 Å². The highest BCUT2D eigenvalue weighted by atomic mass is 79.9. The molecule has 0 saturated carbocycles. The summed E-state index contributed by atoms with van der Waals surface area (Å²) in [6.45, 7) is 8.78. The smallest absolute Gasteiger partial charge is 0.232 e. The van der Waals surface area contributed by atoms with Crippen LogP contribution in [-0.4, -0.2) is 60.2 Å². The SMILES string of the molecule is COc1nc(N2CCN(CC(C)(C)N)CC2)ncc1Br. The molecule has 0 atom stereocenters. The Bertz CT molecular complexity index is 455. The normalized spacial score (nSPS) is 17.4. The Balaban J connectivity index is 1.97. The van der Waals surface area contributed by atoms with Crippen molar-refractivity contribution < 1.29 is 4.74 Å². The van der Waals surface area contributed by atoms with Gasteiger partial charge in [0, 0.05) is 38.3 Å². The van der Waals surface area contributed by atoms with Crippen LogP contribution in [0.1, 0.15) is 13.8 Å². The van der Waals surface area contributed by atoms with Crippen LogP contribution >= 0.6 is 15.9 Å². The Labute approximate surface area is 128 Å². The van der Waals surface area contributed by atoms with Gasteiger partial charge in [-0.1, -0.05) is 0 Å². The molecule has 0 aliphatic carbocycles. The minimum absolute atomic E-state index is 0.153. The number of aromatic nitrogens is 2. The van der Waals surface area contributed by atoms with Gasteiger partial charge in [-0.25, -0.2) is 4.98 Å². The van der Waals surface area contributed by atoms with Gasteiger partial charge in [0.1, 0.15) is 0 Å². The van der Waals surface area contributed by atoms with Gasteiger partial charge in [-0.05, 0) is 29.8 Å². The standard InChI is InChI=1S/C13H22BrN5O/c1-13(2,15)9-18-4-6-19(7-5-18)12-16-8-10(14)11(17-12)20-3/h8H,4-7,9,15H2,1-3H3. The van der Waals surface area contributed by atoms with E-state index in [4.69, 9.17) is 10.5 Å². The van der Waals surface area contributed by atoms with Crippen LogP contribution in [-0.2, 0) is 0 Å². The molecule has 0 aromatic carbocycles. The maximum atomic E-state index is 6.06. The summed E-state index contributed by atoms with van der Waals surface area (Å²) < 4.78 is 5.98. The minimum Gasteiger partial charge on any atom is -0.480 e. The predicted molar refractivity (Wildman–Crippen MR) is 83.2 cm³/mol. The maximum absolute atomic E-state index is 6.06. The van der Waals surface area contributed by atoms with Crippen LogP contribution in [0, 0.1) is 0 Å². The lowest BCUT2D eigenvalue weighted by Crippen LogP contribution is -2.53. The van der Waals surface area contributed by atoms with Gasteiger partial charge in [-0.2, -0.15) is 4.98 Å². The van der Waals surface area contributed by atoms with E-state index in [9.17, 15) is 0 Å². The van der Waals surface area contributed by atoms with Crippen LogP contribution in [0.15, 0.2) is 10.7 Å². The number of piperazine rings is 1. The third-order valence-electron chi connectivity index (χ3n) is 3.18. The molecule has 1 fully saturated rings. The second kappa shape index (κ2) is 6.24. The van der Waals surface area contributed by atoms with E-state index in [0.29, 0.717) is 5.88 Å². The second-order valence-electron chi connectivity index (χ2n) is 5.78. The molecule has 0 radical (unpaired) electrons. The summed E-state index contributed by atoms with van der Waals surface area (Å²) in [6.07, 6.45) is 1.73. The van der Waals surface area contributed by atoms with Crippen LogP contribution in [0.3, 0.4) is 0 Å². The fraction of sp³-hybridized carbons (Fsp3) is 0.692. The van der Waals surface area contributed by atoms with Crippen molar-refractivity contribution in [1.82, 2.24) is 14.9 Å². The van der Waals surface area contributed by atoms with Gasteiger partial charge < -0.3 is 15.4 Å². The average Bonchev–Trinajstić information content (AvgIpc) is 2.38. The first-order chi connectivity index (χ1) is 9.39. The molecule has 1 aromatic heterocycles. The zero-order valence-corrected chi connectivity index (χ0v) is 13.9. The number of hydrogen-bond acceptors (Lipinski definition) is 6. The van der Waals surface area contributed by atoms with E-state index in [0.717, 1.165) is 43.1 Å². The van der Waals surface area contributed by atoms with Crippen molar-refractivity contribution >= 4 is 21.9 Å². The molecule has 2 N–H and O–H groups in total. The molecule has 1 saturated heterocycles. The highest BCUT2D eigenvalue weighted by Gasteiger charge is 2.23. The Morgan fingerprint density at radius 2 is 2.00 bits per heavy atom. The summed E-state index contributed by atoms with van der Waals surface area (Å²) in [5, 5.41) is 0. The predicted octanol–water partition coefficient (Wildman–Crippen LogP) is 1.11. The van der Waals surface area contributed by atoms with Gasteiger partial charge in [0.15, 0.2) is 0 Å². The van der Waals surface area contributed by atoms with Crippen molar-refractivity contribution in [3.05, 3.63) is 10.7 Å². The van der Waals surface area contributed by atoms with Crippen molar-refractivity contribution in [1.29, 1.82) is 0 Å². The van der Waals surface area contributed by atoms with Crippen molar-refractivity contribution in [2.75, 3.05) is 44.7 Å². The molecule has 0 unspecified atom stereocenters. The van der Waals surface area contributed by atoms with E-state index < -0.39 is 0 Å². The van der Waals surface area contributed by atoms with Gasteiger partial charge >= 0.3 is 0 Å². The Morgan fingerprint density at radius 3 is 2.55 bits per heavy atom. The van der Waals surface area contributed by atoms with Crippen molar-refractivity contribution in [3.63, 3.8) is 0 Å². The molecule has 1 aliphatic rings. The molecule has 0 spiro atoms. The first-order valence-corrected chi connectivity index (χ1v) is 7.51. The van der Waals surface area contributed by atoms with Gasteiger partial charge in [-0.15, -0.1) is 0 Å². The maximum Gasteiger partial charge on any atom is 0.232 e. The summed E-state index contributed by atoms with van der Waals surface area (Å²) >= 11 is 3.37. The molecular weight excluding hydrogens is 322 g/mol. The summed E-state index contributed by atoms with van der Waals surface area (Å²) in [5.41, 5.74) is 5.91. The van der Waals surface area contributed by atoms with E-state index in [1.165, 1.54) is 0 Å². The molecule has 2 heterocycles. The Hall–Kier alpha value is -0.920.